The van der Waals surface area contributed by atoms with Gasteiger partial charge in [0.05, 0.1) is 12.8 Å². The molecule has 1 amide bonds. The van der Waals surface area contributed by atoms with E-state index in [2.05, 4.69) is 10.1 Å². The van der Waals surface area contributed by atoms with Gasteiger partial charge in [0, 0.05) is 46.1 Å². The minimum absolute atomic E-state index is 0.0146. The summed E-state index contributed by atoms with van der Waals surface area (Å²) in [6.07, 6.45) is 2.40. The molecule has 5 rings (SSSR count). The van der Waals surface area contributed by atoms with Crippen molar-refractivity contribution in [1.82, 2.24) is 0 Å². The number of ether oxygens (including phenoxy) is 2. The highest BCUT2D eigenvalue weighted by atomic mass is 35.5. The van der Waals surface area contributed by atoms with Crippen molar-refractivity contribution in [2.45, 2.75) is 44.3 Å². The second-order valence-corrected chi connectivity index (χ2v) is 10.1. The standard InChI is InChI=1S/C29H28ClF2N3O3/c1-3-24(33)18-12-20(14-22(13-18)37-2)34-26(17-4-6-19(30)7-5-17)27(36)35-16-29(10-11-29)23-9-8-21(15-25(23)35)38-28(31)32/h4-9,12-15,26,28,33-34H,3,10-11,16H2,1-2H3. The van der Waals surface area contributed by atoms with Crippen LogP contribution in [-0.2, 0) is 10.2 Å². The summed E-state index contributed by atoms with van der Waals surface area (Å²) in [7, 11) is 1.55. The molecule has 1 atom stereocenters. The first-order chi connectivity index (χ1) is 18.2. The monoisotopic (exact) mass is 539 g/mol. The summed E-state index contributed by atoms with van der Waals surface area (Å²) < 4.78 is 36.0. The van der Waals surface area contributed by atoms with E-state index in [9.17, 15) is 13.6 Å². The lowest BCUT2D eigenvalue weighted by atomic mass is 9.99. The van der Waals surface area contributed by atoms with Crippen molar-refractivity contribution in [3.63, 3.8) is 0 Å². The van der Waals surface area contributed by atoms with Gasteiger partial charge in [0.1, 0.15) is 17.5 Å². The van der Waals surface area contributed by atoms with Crippen molar-refractivity contribution < 1.29 is 23.0 Å². The molecule has 38 heavy (non-hydrogen) atoms. The quantitative estimate of drug-likeness (QED) is 0.288. The Morgan fingerprint density at radius 2 is 1.84 bits per heavy atom. The maximum absolute atomic E-state index is 14.2. The molecule has 0 saturated heterocycles. The summed E-state index contributed by atoms with van der Waals surface area (Å²) in [5.41, 5.74) is 3.84. The number of halogens is 3. The first kappa shape index (κ1) is 26.0. The maximum atomic E-state index is 14.2. The smallest absolute Gasteiger partial charge is 0.387 e. The molecule has 2 N–H and O–H groups in total. The molecule has 1 spiro atoms. The largest absolute Gasteiger partial charge is 0.497 e. The summed E-state index contributed by atoms with van der Waals surface area (Å²) in [5, 5.41) is 12.2. The highest BCUT2D eigenvalue weighted by molar-refractivity contribution is 6.30. The molecule has 9 heteroatoms. The Morgan fingerprint density at radius 1 is 1.11 bits per heavy atom. The molecule has 1 saturated carbocycles. The average Bonchev–Trinajstić information content (AvgIpc) is 3.62. The van der Waals surface area contributed by atoms with Gasteiger partial charge in [0.2, 0.25) is 0 Å². The molecule has 0 aromatic heterocycles. The van der Waals surface area contributed by atoms with Gasteiger partial charge < -0.3 is 25.1 Å². The molecule has 6 nitrogen and oxygen atoms in total. The predicted molar refractivity (Wildman–Crippen MR) is 144 cm³/mol. The Morgan fingerprint density at radius 3 is 2.47 bits per heavy atom. The zero-order chi connectivity index (χ0) is 27.0. The van der Waals surface area contributed by atoms with E-state index in [4.69, 9.17) is 21.7 Å². The SMILES string of the molecule is CCC(=N)c1cc(NC(C(=O)N2CC3(CC3)c3ccc(OC(F)F)cc32)c2ccc(Cl)cc2)cc(OC)c1. The zero-order valence-corrected chi connectivity index (χ0v) is 21.8. The van der Waals surface area contributed by atoms with Crippen LogP contribution >= 0.6 is 11.6 Å². The van der Waals surface area contributed by atoms with E-state index in [0.717, 1.165) is 18.4 Å². The van der Waals surface area contributed by atoms with E-state index in [0.29, 0.717) is 52.0 Å². The molecule has 1 unspecified atom stereocenters. The number of anilines is 2. The molecule has 3 aromatic carbocycles. The third kappa shape index (κ3) is 5.05. The van der Waals surface area contributed by atoms with E-state index in [1.165, 1.54) is 12.1 Å². The van der Waals surface area contributed by atoms with Crippen LogP contribution in [0.4, 0.5) is 20.2 Å². The van der Waals surface area contributed by atoms with Crippen molar-refractivity contribution in [1.29, 1.82) is 5.41 Å². The number of nitrogens with one attached hydrogen (secondary N) is 2. The van der Waals surface area contributed by atoms with Crippen molar-refractivity contribution in [3.05, 3.63) is 82.4 Å². The first-order valence-electron chi connectivity index (χ1n) is 12.4. The summed E-state index contributed by atoms with van der Waals surface area (Å²) >= 11 is 6.13. The van der Waals surface area contributed by atoms with Crippen molar-refractivity contribution in [2.24, 2.45) is 0 Å². The average molecular weight is 540 g/mol. The molecule has 0 bridgehead atoms. The molecule has 198 valence electrons. The lowest BCUT2D eigenvalue weighted by molar-refractivity contribution is -0.119. The maximum Gasteiger partial charge on any atom is 0.387 e. The minimum atomic E-state index is -2.96. The Balaban J connectivity index is 1.54. The Bertz CT molecular complexity index is 1380. The van der Waals surface area contributed by atoms with Crippen LogP contribution in [0.3, 0.4) is 0 Å². The zero-order valence-electron chi connectivity index (χ0n) is 21.1. The summed E-state index contributed by atoms with van der Waals surface area (Å²) in [4.78, 5) is 15.9. The van der Waals surface area contributed by atoms with Gasteiger partial charge in [-0.25, -0.2) is 0 Å². The number of fused-ring (bicyclic) bond motifs is 2. The fraction of sp³-hybridized carbons (Fsp3) is 0.310. The normalized spacial score (nSPS) is 15.8. The highest BCUT2D eigenvalue weighted by Crippen LogP contribution is 2.57. The topological polar surface area (TPSA) is 74.7 Å². The number of benzene rings is 3. The molecule has 3 aromatic rings. The third-order valence-electron chi connectivity index (χ3n) is 7.24. The van der Waals surface area contributed by atoms with Crippen LogP contribution in [-0.4, -0.2) is 31.9 Å². The van der Waals surface area contributed by atoms with Gasteiger partial charge >= 0.3 is 6.61 Å². The van der Waals surface area contributed by atoms with E-state index in [1.54, 1.807) is 54.5 Å². The van der Waals surface area contributed by atoms with Gasteiger partial charge in [-0.1, -0.05) is 36.7 Å². The van der Waals surface area contributed by atoms with E-state index >= 15 is 0 Å². The summed E-state index contributed by atoms with van der Waals surface area (Å²) in [5.74, 6) is 0.338. The van der Waals surface area contributed by atoms with Crippen LogP contribution in [0.1, 0.15) is 48.9 Å². The van der Waals surface area contributed by atoms with Crippen LogP contribution in [0.15, 0.2) is 60.7 Å². The number of nitrogens with zero attached hydrogens (tertiary/aromatic N) is 1. The number of carbonyl (C=O) groups excluding carboxylic acids is 1. The number of hydrogen-bond acceptors (Lipinski definition) is 5. The highest BCUT2D eigenvalue weighted by Gasteiger charge is 2.53. The minimum Gasteiger partial charge on any atom is -0.497 e. The van der Waals surface area contributed by atoms with Crippen LogP contribution < -0.4 is 19.7 Å². The number of alkyl halides is 2. The molecule has 1 heterocycles. The number of rotatable bonds is 9. The van der Waals surface area contributed by atoms with Gasteiger partial charge in [0.25, 0.3) is 5.91 Å². The summed E-state index contributed by atoms with van der Waals surface area (Å²) in [6, 6.07) is 16.4. The van der Waals surface area contributed by atoms with E-state index in [-0.39, 0.29) is 17.1 Å². The molecule has 1 fully saturated rings. The van der Waals surface area contributed by atoms with Crippen LogP contribution in [0, 0.1) is 5.41 Å². The van der Waals surface area contributed by atoms with Gasteiger partial charge in [-0.15, -0.1) is 0 Å². The number of carbonyl (C=O) groups is 1. The second kappa shape index (κ2) is 10.3. The second-order valence-electron chi connectivity index (χ2n) is 9.67. The van der Waals surface area contributed by atoms with Crippen LogP contribution in [0.5, 0.6) is 11.5 Å². The van der Waals surface area contributed by atoms with Gasteiger partial charge in [-0.3, -0.25) is 4.79 Å². The van der Waals surface area contributed by atoms with Crippen molar-refractivity contribution >= 4 is 34.6 Å². The van der Waals surface area contributed by atoms with Crippen molar-refractivity contribution in [2.75, 3.05) is 23.9 Å². The molecule has 2 aliphatic rings. The van der Waals surface area contributed by atoms with E-state index in [1.807, 2.05) is 13.0 Å². The molecular weight excluding hydrogens is 512 g/mol. The molecular formula is C29H28ClF2N3O3. The lowest BCUT2D eigenvalue weighted by Gasteiger charge is -2.27. The Hall–Kier alpha value is -3.65. The Labute approximate surface area is 225 Å². The summed E-state index contributed by atoms with van der Waals surface area (Å²) in [6.45, 7) is -0.588. The van der Waals surface area contributed by atoms with Crippen LogP contribution in [0.25, 0.3) is 0 Å². The fourth-order valence-electron chi connectivity index (χ4n) is 5.05. The van der Waals surface area contributed by atoms with Gasteiger partial charge in [0.15, 0.2) is 0 Å². The number of amides is 1. The first-order valence-corrected chi connectivity index (χ1v) is 12.8. The van der Waals surface area contributed by atoms with Crippen molar-refractivity contribution in [3.8, 4) is 11.5 Å². The molecule has 0 radical (unpaired) electrons. The van der Waals surface area contributed by atoms with Crippen LogP contribution in [0.2, 0.25) is 5.02 Å². The number of hydrogen-bond donors (Lipinski definition) is 2. The van der Waals surface area contributed by atoms with E-state index < -0.39 is 12.7 Å². The lowest BCUT2D eigenvalue weighted by Crippen LogP contribution is -2.38. The van der Waals surface area contributed by atoms with Gasteiger partial charge in [-0.2, -0.15) is 8.78 Å². The third-order valence-corrected chi connectivity index (χ3v) is 7.49. The Kier molecular flexibility index (Phi) is 7.01. The van der Waals surface area contributed by atoms with Gasteiger partial charge in [-0.05, 0) is 60.7 Å². The fourth-order valence-corrected chi connectivity index (χ4v) is 5.18. The predicted octanol–water partition coefficient (Wildman–Crippen LogP) is 6.96. The molecule has 1 aliphatic heterocycles. The molecule has 1 aliphatic carbocycles. The number of methoxy groups -OCH3 is 1.